The molecule has 2 rings (SSSR count). The number of nitrogens with two attached hydrogens (primary N) is 2. The van der Waals surface area contributed by atoms with Gasteiger partial charge in [-0.2, -0.15) is 0 Å². The molecule has 0 fully saturated rings. The van der Waals surface area contributed by atoms with Gasteiger partial charge in [0.15, 0.2) is 5.76 Å². The van der Waals surface area contributed by atoms with Gasteiger partial charge in [0.25, 0.3) is 5.96 Å². The van der Waals surface area contributed by atoms with Crippen molar-refractivity contribution in [3.05, 3.63) is 46.6 Å². The lowest BCUT2D eigenvalue weighted by molar-refractivity contribution is -0.457. The third-order valence-corrected chi connectivity index (χ3v) is 2.86. The average molecular weight is 308 g/mol. The monoisotopic (exact) mass is 307 g/mol. The molecule has 1 heterocycles. The van der Waals surface area contributed by atoms with E-state index in [0.29, 0.717) is 5.76 Å². The van der Waals surface area contributed by atoms with E-state index in [-0.39, 0.29) is 5.96 Å². The summed E-state index contributed by atoms with van der Waals surface area (Å²) >= 11 is 3.47. The number of nitrogens with one attached hydrogen (secondary N) is 1. The minimum Gasteiger partial charge on any atom is -0.450 e. The van der Waals surface area contributed by atoms with Crippen molar-refractivity contribution in [2.24, 2.45) is 16.6 Å². The number of rotatable bonds is 3. The van der Waals surface area contributed by atoms with Crippen molar-refractivity contribution in [1.29, 1.82) is 0 Å². The highest BCUT2D eigenvalue weighted by molar-refractivity contribution is 9.10. The van der Waals surface area contributed by atoms with Crippen LogP contribution in [0.4, 0.5) is 0 Å². The second-order valence-electron chi connectivity index (χ2n) is 3.49. The normalized spacial score (nSPS) is 10.7. The second-order valence-corrected chi connectivity index (χ2v) is 4.35. The molecule has 0 spiro atoms. The molecule has 0 bridgehead atoms. The van der Waals surface area contributed by atoms with E-state index in [0.717, 1.165) is 15.8 Å². The number of furan rings is 1. The Morgan fingerprint density at radius 3 is 2.72 bits per heavy atom. The van der Waals surface area contributed by atoms with Crippen molar-refractivity contribution in [3.63, 3.8) is 0 Å². The summed E-state index contributed by atoms with van der Waals surface area (Å²) in [5.41, 5.74) is 11.3. The number of hydrogen-bond acceptors (Lipinski definition) is 2. The lowest BCUT2D eigenvalue weighted by Gasteiger charge is -1.98. The summed E-state index contributed by atoms with van der Waals surface area (Å²) in [6.07, 6.45) is 1.57. The fourth-order valence-electron chi connectivity index (χ4n) is 1.41. The van der Waals surface area contributed by atoms with Crippen molar-refractivity contribution in [3.8, 4) is 11.3 Å². The van der Waals surface area contributed by atoms with Gasteiger partial charge in [-0.15, -0.1) is 0 Å². The molecule has 6 heteroatoms. The van der Waals surface area contributed by atoms with Crippen LogP contribution in [-0.2, 0) is 0 Å². The zero-order valence-corrected chi connectivity index (χ0v) is 11.0. The molecule has 5 N–H and O–H groups in total. The van der Waals surface area contributed by atoms with Crippen LogP contribution in [0.1, 0.15) is 5.76 Å². The van der Waals surface area contributed by atoms with Gasteiger partial charge in [0.1, 0.15) is 5.76 Å². The van der Waals surface area contributed by atoms with Crippen LogP contribution in [0.2, 0.25) is 0 Å². The van der Waals surface area contributed by atoms with E-state index in [4.69, 9.17) is 15.9 Å². The third-order valence-electron chi connectivity index (χ3n) is 2.17. The molecule has 2 aromatic rings. The van der Waals surface area contributed by atoms with Crippen LogP contribution in [0.15, 0.2) is 50.4 Å². The van der Waals surface area contributed by atoms with Gasteiger partial charge in [-0.05, 0) is 18.2 Å². The minimum atomic E-state index is -0.0381. The van der Waals surface area contributed by atoms with Gasteiger partial charge < -0.3 is 15.9 Å². The molecule has 5 nitrogen and oxygen atoms in total. The first kappa shape index (κ1) is 12.4. The molecule has 0 aliphatic rings. The second kappa shape index (κ2) is 5.50. The molecule has 92 valence electrons. The van der Waals surface area contributed by atoms with E-state index < -0.39 is 0 Å². The lowest BCUT2D eigenvalue weighted by Crippen LogP contribution is -2.63. The number of benzene rings is 1. The van der Waals surface area contributed by atoms with Gasteiger partial charge in [0.2, 0.25) is 6.21 Å². The van der Waals surface area contributed by atoms with Crippen LogP contribution < -0.4 is 16.6 Å². The first-order valence-electron chi connectivity index (χ1n) is 5.19. The summed E-state index contributed by atoms with van der Waals surface area (Å²) in [5.74, 6) is 1.36. The topological polar surface area (TPSA) is 91.5 Å². The number of nitrogens with zero attached hydrogens (tertiary/aromatic N) is 1. The Hall–Kier alpha value is -2.08. The van der Waals surface area contributed by atoms with Crippen LogP contribution >= 0.6 is 15.9 Å². The van der Waals surface area contributed by atoms with Crippen molar-refractivity contribution in [1.82, 2.24) is 0 Å². The summed E-state index contributed by atoms with van der Waals surface area (Å²) in [7, 11) is 0. The van der Waals surface area contributed by atoms with Crippen molar-refractivity contribution < 1.29 is 9.52 Å². The fourth-order valence-corrected chi connectivity index (χ4v) is 1.89. The van der Waals surface area contributed by atoms with Gasteiger partial charge in [0.05, 0.1) is 0 Å². The Kier molecular flexibility index (Phi) is 3.78. The van der Waals surface area contributed by atoms with Gasteiger partial charge in [-0.25, -0.2) is 0 Å². The molecule has 0 unspecified atom stereocenters. The number of hydrazone groups is 1. The van der Waals surface area contributed by atoms with E-state index in [1.54, 1.807) is 6.21 Å². The van der Waals surface area contributed by atoms with Crippen LogP contribution in [0.3, 0.4) is 0 Å². The lowest BCUT2D eigenvalue weighted by atomic mass is 10.2. The Morgan fingerprint density at radius 2 is 2.00 bits per heavy atom. The summed E-state index contributed by atoms with van der Waals surface area (Å²) in [6, 6.07) is 11.5. The molecule has 0 aliphatic carbocycles. The first-order valence-corrected chi connectivity index (χ1v) is 5.98. The SMILES string of the molecule is NC(N)=N/[NH+]=C/c1ccc(-c2ccccc2Br)o1. The van der Waals surface area contributed by atoms with Gasteiger partial charge >= 0.3 is 0 Å². The van der Waals surface area contributed by atoms with Crippen LogP contribution in [0.5, 0.6) is 0 Å². The standard InChI is InChI=1S/C12H11BrN4O/c13-10-4-2-1-3-9(10)11-6-5-8(18-11)7-16-17-12(14)15/h1-7H,(H4,14,15,17)/p+1/b16-7+. The first-order chi connectivity index (χ1) is 8.66. The molecule has 0 aliphatic heterocycles. The maximum absolute atomic E-state index is 5.63. The quantitative estimate of drug-likeness (QED) is 0.435. The van der Waals surface area contributed by atoms with Crippen molar-refractivity contribution in [2.45, 2.75) is 0 Å². The largest absolute Gasteiger partial charge is 0.450 e. The summed E-state index contributed by atoms with van der Waals surface area (Å²) in [5, 5.41) is 6.20. The molecule has 0 saturated carbocycles. The maximum atomic E-state index is 5.63. The van der Waals surface area contributed by atoms with Crippen LogP contribution in [0, 0.1) is 0 Å². The Bertz CT molecular complexity index is 600. The van der Waals surface area contributed by atoms with Gasteiger partial charge in [-0.3, -0.25) is 0 Å². The van der Waals surface area contributed by atoms with E-state index in [2.05, 4.69) is 26.1 Å². The molecule has 0 saturated heterocycles. The molecule has 18 heavy (non-hydrogen) atoms. The zero-order valence-electron chi connectivity index (χ0n) is 9.43. The van der Waals surface area contributed by atoms with Crippen LogP contribution in [-0.4, -0.2) is 12.2 Å². The van der Waals surface area contributed by atoms with Crippen LogP contribution in [0.25, 0.3) is 11.3 Å². The number of halogens is 1. The highest BCUT2D eigenvalue weighted by atomic mass is 79.9. The molecule has 0 atom stereocenters. The van der Waals surface area contributed by atoms with E-state index in [9.17, 15) is 0 Å². The molecule has 0 amide bonds. The molecule has 1 aromatic carbocycles. The number of guanidine groups is 1. The Balaban J connectivity index is 2.24. The highest BCUT2D eigenvalue weighted by Crippen LogP contribution is 2.28. The third kappa shape index (κ3) is 2.98. The molecule has 0 radical (unpaired) electrons. The minimum absolute atomic E-state index is 0.0381. The Labute approximate surface area is 112 Å². The van der Waals surface area contributed by atoms with E-state index in [1.807, 2.05) is 36.4 Å². The molecular weight excluding hydrogens is 296 g/mol. The Morgan fingerprint density at radius 1 is 1.22 bits per heavy atom. The average Bonchev–Trinajstić information content (AvgIpc) is 2.78. The number of hydrogen-bond donors (Lipinski definition) is 3. The maximum Gasteiger partial charge on any atom is 0.256 e. The van der Waals surface area contributed by atoms with Gasteiger partial charge in [0, 0.05) is 15.1 Å². The van der Waals surface area contributed by atoms with Crippen molar-refractivity contribution >= 4 is 28.1 Å². The predicted molar refractivity (Wildman–Crippen MR) is 73.8 cm³/mol. The summed E-state index contributed by atoms with van der Waals surface area (Å²) < 4.78 is 6.61. The summed E-state index contributed by atoms with van der Waals surface area (Å²) in [6.45, 7) is 0. The predicted octanol–water partition coefficient (Wildman–Crippen LogP) is 0.397. The fraction of sp³-hybridized carbons (Fsp3) is 0. The highest BCUT2D eigenvalue weighted by Gasteiger charge is 2.07. The smallest absolute Gasteiger partial charge is 0.256 e. The zero-order chi connectivity index (χ0) is 13.0. The summed E-state index contributed by atoms with van der Waals surface area (Å²) in [4.78, 5) is 0. The van der Waals surface area contributed by atoms with E-state index >= 15 is 0 Å². The molecular formula is C12H12BrN4O+. The van der Waals surface area contributed by atoms with E-state index in [1.165, 1.54) is 0 Å². The van der Waals surface area contributed by atoms with Crippen molar-refractivity contribution in [2.75, 3.05) is 0 Å². The van der Waals surface area contributed by atoms with Gasteiger partial charge in [-0.1, -0.05) is 39.2 Å². The molecule has 1 aromatic heterocycles.